The van der Waals surface area contributed by atoms with Crippen LogP contribution in [-0.2, 0) is 0 Å². The molecule has 1 aromatic rings. The third-order valence-corrected chi connectivity index (χ3v) is 3.48. The summed E-state index contributed by atoms with van der Waals surface area (Å²) in [6.07, 6.45) is 0. The average Bonchev–Trinajstić information content (AvgIpc) is 2.21. The Hall–Kier alpha value is -0.860. The molecule has 2 nitrogen and oxygen atoms in total. The molecule has 0 heterocycles. The Labute approximate surface area is 112 Å². The molecule has 0 amide bonds. The Morgan fingerprint density at radius 3 is 2.00 bits per heavy atom. The number of benzene rings is 1. The second-order valence-electron chi connectivity index (χ2n) is 5.90. The number of hydrogen-bond donors (Lipinski definition) is 1. The van der Waals surface area contributed by atoms with Crippen LogP contribution >= 0.6 is 0 Å². The average molecular weight is 248 g/mol. The van der Waals surface area contributed by atoms with Crippen LogP contribution < -0.4 is 5.73 Å². The smallest absolute Gasteiger partial charge is 0.0472 e. The summed E-state index contributed by atoms with van der Waals surface area (Å²) in [4.78, 5) is 2.38. The lowest BCUT2D eigenvalue weighted by atomic mass is 9.93. The number of nitrogens with two attached hydrogens (primary N) is 1. The van der Waals surface area contributed by atoms with Crippen molar-refractivity contribution in [3.8, 4) is 0 Å². The fourth-order valence-electron chi connectivity index (χ4n) is 2.94. The summed E-state index contributed by atoms with van der Waals surface area (Å²) in [7, 11) is 2.18. The van der Waals surface area contributed by atoms with Gasteiger partial charge >= 0.3 is 0 Å². The molecule has 0 radical (unpaired) electrons. The van der Waals surface area contributed by atoms with E-state index in [9.17, 15) is 0 Å². The molecule has 0 aliphatic carbocycles. The third-order valence-electron chi connectivity index (χ3n) is 3.48. The molecule has 0 aliphatic rings. The van der Waals surface area contributed by atoms with Crippen molar-refractivity contribution in [1.82, 2.24) is 4.90 Å². The standard InChI is InChI=1S/C16H28N2/c1-11(2)10-18(6)15(9-17)16-13(4)7-12(3)8-14(16)5/h7-8,11,15H,9-10,17H2,1-6H3. The maximum atomic E-state index is 6.02. The highest BCUT2D eigenvalue weighted by Crippen LogP contribution is 2.27. The van der Waals surface area contributed by atoms with Crippen LogP contribution in [0.4, 0.5) is 0 Å². The zero-order valence-electron chi connectivity index (χ0n) is 12.7. The minimum Gasteiger partial charge on any atom is -0.329 e. The van der Waals surface area contributed by atoms with E-state index in [2.05, 4.69) is 58.7 Å². The summed E-state index contributed by atoms with van der Waals surface area (Å²) >= 11 is 0. The summed E-state index contributed by atoms with van der Waals surface area (Å²) in [5.74, 6) is 0.662. The quantitative estimate of drug-likeness (QED) is 0.867. The van der Waals surface area contributed by atoms with Gasteiger partial charge in [-0.05, 0) is 50.4 Å². The highest BCUT2D eigenvalue weighted by atomic mass is 15.1. The number of nitrogens with zero attached hydrogens (tertiary/aromatic N) is 1. The van der Waals surface area contributed by atoms with Gasteiger partial charge in [-0.2, -0.15) is 0 Å². The number of likely N-dealkylation sites (N-methyl/N-ethyl adjacent to an activating group) is 1. The van der Waals surface area contributed by atoms with Crippen molar-refractivity contribution in [1.29, 1.82) is 0 Å². The summed E-state index contributed by atoms with van der Waals surface area (Å²) in [6.45, 7) is 12.8. The predicted octanol–water partition coefficient (Wildman–Crippen LogP) is 3.20. The Morgan fingerprint density at radius 1 is 1.11 bits per heavy atom. The number of rotatable bonds is 5. The van der Waals surface area contributed by atoms with Crippen molar-refractivity contribution in [2.45, 2.75) is 40.7 Å². The molecule has 0 aromatic heterocycles. The van der Waals surface area contributed by atoms with E-state index < -0.39 is 0 Å². The molecule has 1 rings (SSSR count). The molecule has 18 heavy (non-hydrogen) atoms. The summed E-state index contributed by atoms with van der Waals surface area (Å²) in [5, 5.41) is 0. The minimum absolute atomic E-state index is 0.327. The van der Waals surface area contributed by atoms with E-state index in [4.69, 9.17) is 5.73 Å². The van der Waals surface area contributed by atoms with Crippen molar-refractivity contribution in [3.63, 3.8) is 0 Å². The molecule has 0 saturated carbocycles. The van der Waals surface area contributed by atoms with Gasteiger partial charge < -0.3 is 5.73 Å². The molecule has 102 valence electrons. The van der Waals surface area contributed by atoms with Crippen LogP contribution in [0, 0.1) is 26.7 Å². The maximum Gasteiger partial charge on any atom is 0.0472 e. The van der Waals surface area contributed by atoms with Gasteiger partial charge in [0.25, 0.3) is 0 Å². The molecule has 1 atom stereocenters. The first-order valence-electron chi connectivity index (χ1n) is 6.84. The zero-order valence-corrected chi connectivity index (χ0v) is 12.7. The molecule has 1 unspecified atom stereocenters. The van der Waals surface area contributed by atoms with Crippen molar-refractivity contribution >= 4 is 0 Å². The topological polar surface area (TPSA) is 29.3 Å². The molecular weight excluding hydrogens is 220 g/mol. The summed E-state index contributed by atoms with van der Waals surface area (Å²) in [6, 6.07) is 4.84. The summed E-state index contributed by atoms with van der Waals surface area (Å²) < 4.78 is 0. The molecule has 0 aliphatic heterocycles. The Kier molecular flexibility index (Phi) is 5.36. The van der Waals surface area contributed by atoms with Gasteiger partial charge in [0.2, 0.25) is 0 Å². The molecule has 2 heteroatoms. The van der Waals surface area contributed by atoms with Crippen LogP contribution in [0.1, 0.15) is 42.1 Å². The van der Waals surface area contributed by atoms with Crippen LogP contribution in [0.25, 0.3) is 0 Å². The highest BCUT2D eigenvalue weighted by Gasteiger charge is 2.20. The number of hydrogen-bond acceptors (Lipinski definition) is 2. The number of aryl methyl sites for hydroxylation is 3. The van der Waals surface area contributed by atoms with E-state index in [-0.39, 0.29) is 0 Å². The second kappa shape index (κ2) is 6.35. The zero-order chi connectivity index (χ0) is 13.9. The van der Waals surface area contributed by atoms with Gasteiger partial charge in [-0.3, -0.25) is 4.90 Å². The van der Waals surface area contributed by atoms with E-state index in [1.807, 2.05) is 0 Å². The maximum absolute atomic E-state index is 6.02. The molecule has 0 spiro atoms. The largest absolute Gasteiger partial charge is 0.329 e. The lowest BCUT2D eigenvalue weighted by Crippen LogP contribution is -2.34. The van der Waals surface area contributed by atoms with E-state index >= 15 is 0 Å². The van der Waals surface area contributed by atoms with Crippen LogP contribution in [0.15, 0.2) is 12.1 Å². The highest BCUT2D eigenvalue weighted by molar-refractivity contribution is 5.39. The van der Waals surface area contributed by atoms with Crippen LogP contribution in [0.2, 0.25) is 0 Å². The van der Waals surface area contributed by atoms with Gasteiger partial charge in [0.1, 0.15) is 0 Å². The van der Waals surface area contributed by atoms with Gasteiger partial charge in [0.15, 0.2) is 0 Å². The van der Waals surface area contributed by atoms with Crippen molar-refractivity contribution in [3.05, 3.63) is 34.4 Å². The summed E-state index contributed by atoms with van der Waals surface area (Å²) in [5.41, 5.74) is 11.5. The third kappa shape index (κ3) is 3.56. The Morgan fingerprint density at radius 2 is 1.61 bits per heavy atom. The van der Waals surface area contributed by atoms with Crippen LogP contribution in [-0.4, -0.2) is 25.0 Å². The Balaban J connectivity index is 3.09. The van der Waals surface area contributed by atoms with Gasteiger partial charge in [-0.15, -0.1) is 0 Å². The van der Waals surface area contributed by atoms with E-state index in [0.717, 1.165) is 6.54 Å². The molecular formula is C16H28N2. The second-order valence-corrected chi connectivity index (χ2v) is 5.90. The molecule has 0 fully saturated rings. The van der Waals surface area contributed by atoms with Crippen molar-refractivity contribution < 1.29 is 0 Å². The van der Waals surface area contributed by atoms with Gasteiger partial charge in [-0.1, -0.05) is 31.5 Å². The van der Waals surface area contributed by atoms with E-state index in [1.165, 1.54) is 22.3 Å². The fourth-order valence-corrected chi connectivity index (χ4v) is 2.94. The molecule has 1 aromatic carbocycles. The van der Waals surface area contributed by atoms with Crippen LogP contribution in [0.3, 0.4) is 0 Å². The Bertz CT molecular complexity index is 373. The lowest BCUT2D eigenvalue weighted by Gasteiger charge is -2.31. The van der Waals surface area contributed by atoms with Gasteiger partial charge in [-0.25, -0.2) is 0 Å². The first-order chi connectivity index (χ1) is 8.36. The van der Waals surface area contributed by atoms with Crippen molar-refractivity contribution in [2.24, 2.45) is 11.7 Å². The SMILES string of the molecule is Cc1cc(C)c(C(CN)N(C)CC(C)C)c(C)c1. The first kappa shape index (κ1) is 15.2. The van der Waals surface area contributed by atoms with E-state index in [1.54, 1.807) is 0 Å². The normalized spacial score (nSPS) is 13.4. The minimum atomic E-state index is 0.327. The van der Waals surface area contributed by atoms with E-state index in [0.29, 0.717) is 18.5 Å². The first-order valence-corrected chi connectivity index (χ1v) is 6.84. The van der Waals surface area contributed by atoms with Crippen molar-refractivity contribution in [2.75, 3.05) is 20.1 Å². The van der Waals surface area contributed by atoms with Gasteiger partial charge in [0.05, 0.1) is 0 Å². The monoisotopic (exact) mass is 248 g/mol. The van der Waals surface area contributed by atoms with Gasteiger partial charge in [0, 0.05) is 19.1 Å². The molecule has 2 N–H and O–H groups in total. The lowest BCUT2D eigenvalue weighted by molar-refractivity contribution is 0.222. The van der Waals surface area contributed by atoms with Crippen LogP contribution in [0.5, 0.6) is 0 Å². The fraction of sp³-hybridized carbons (Fsp3) is 0.625. The predicted molar refractivity (Wildman–Crippen MR) is 79.9 cm³/mol. The molecule has 0 saturated heterocycles. The molecule has 0 bridgehead atoms.